The molecule has 0 spiro atoms. The summed E-state index contributed by atoms with van der Waals surface area (Å²) < 4.78 is 5.32. The first-order chi connectivity index (χ1) is 10.6. The number of carbonyl (C=O) groups excluding carboxylic acids is 1. The van der Waals surface area contributed by atoms with E-state index in [9.17, 15) is 14.9 Å². The van der Waals surface area contributed by atoms with Crippen LogP contribution in [-0.4, -0.2) is 42.0 Å². The molecule has 2 aliphatic rings. The summed E-state index contributed by atoms with van der Waals surface area (Å²) in [6.07, 6.45) is 3.68. The number of benzene rings is 1. The molecule has 1 aliphatic heterocycles. The van der Waals surface area contributed by atoms with E-state index in [4.69, 9.17) is 4.74 Å². The van der Waals surface area contributed by atoms with Crippen molar-refractivity contribution in [2.24, 2.45) is 0 Å². The summed E-state index contributed by atoms with van der Waals surface area (Å²) in [4.78, 5) is 25.4. The molecule has 0 bridgehead atoms. The van der Waals surface area contributed by atoms with Gasteiger partial charge in [0.1, 0.15) is 0 Å². The van der Waals surface area contributed by atoms with Gasteiger partial charge in [-0.2, -0.15) is 0 Å². The Balaban J connectivity index is 1.90. The molecule has 0 atom stereocenters. The average Bonchev–Trinajstić information content (AvgIpc) is 3.06. The van der Waals surface area contributed by atoms with Crippen LogP contribution in [0.2, 0.25) is 0 Å². The maximum absolute atomic E-state index is 13.1. The Morgan fingerprint density at radius 3 is 2.27 bits per heavy atom. The number of nitrogens with zero attached hydrogens (tertiary/aromatic N) is 2. The van der Waals surface area contributed by atoms with Crippen LogP contribution < -0.4 is 0 Å². The smallest absolute Gasteiger partial charge is 0.269 e. The number of non-ortho nitro benzene ring substituents is 1. The van der Waals surface area contributed by atoms with Gasteiger partial charge in [0, 0.05) is 25.2 Å². The van der Waals surface area contributed by atoms with Gasteiger partial charge in [-0.1, -0.05) is 25.0 Å². The number of hydrogen-bond donors (Lipinski definition) is 0. The van der Waals surface area contributed by atoms with Crippen molar-refractivity contribution in [2.75, 3.05) is 26.3 Å². The van der Waals surface area contributed by atoms with Crippen molar-refractivity contribution in [1.29, 1.82) is 0 Å². The summed E-state index contributed by atoms with van der Waals surface area (Å²) in [7, 11) is 0. The third kappa shape index (κ3) is 2.59. The Morgan fingerprint density at radius 2 is 1.73 bits per heavy atom. The molecule has 22 heavy (non-hydrogen) atoms. The summed E-state index contributed by atoms with van der Waals surface area (Å²) in [5.41, 5.74) is 0.467. The van der Waals surface area contributed by atoms with Gasteiger partial charge in [-0.3, -0.25) is 14.9 Å². The second kappa shape index (κ2) is 6.04. The van der Waals surface area contributed by atoms with Crippen LogP contribution in [0, 0.1) is 10.1 Å². The lowest BCUT2D eigenvalue weighted by Gasteiger charge is -2.36. The lowest BCUT2D eigenvalue weighted by Crippen LogP contribution is -2.49. The second-order valence-corrected chi connectivity index (χ2v) is 6.00. The molecular weight excluding hydrogens is 284 g/mol. The minimum absolute atomic E-state index is 0.0655. The van der Waals surface area contributed by atoms with Crippen LogP contribution in [0.3, 0.4) is 0 Å². The number of nitro groups is 1. The van der Waals surface area contributed by atoms with Gasteiger partial charge in [0.05, 0.1) is 23.6 Å². The first-order valence-electron chi connectivity index (χ1n) is 7.75. The fourth-order valence-electron chi connectivity index (χ4n) is 3.58. The fraction of sp³-hybridized carbons (Fsp3) is 0.562. The molecule has 1 saturated heterocycles. The average molecular weight is 304 g/mol. The first kappa shape index (κ1) is 15.0. The highest BCUT2D eigenvalue weighted by molar-refractivity contribution is 5.88. The van der Waals surface area contributed by atoms with Gasteiger partial charge in [-0.25, -0.2) is 0 Å². The molecule has 0 radical (unpaired) electrons. The summed E-state index contributed by atoms with van der Waals surface area (Å²) >= 11 is 0. The van der Waals surface area contributed by atoms with Crippen LogP contribution >= 0.6 is 0 Å². The molecule has 118 valence electrons. The minimum Gasteiger partial charge on any atom is -0.378 e. The van der Waals surface area contributed by atoms with E-state index < -0.39 is 10.3 Å². The van der Waals surface area contributed by atoms with E-state index in [2.05, 4.69) is 0 Å². The quantitative estimate of drug-likeness (QED) is 0.634. The van der Waals surface area contributed by atoms with Crippen LogP contribution in [0.5, 0.6) is 0 Å². The Kier molecular flexibility index (Phi) is 4.11. The van der Waals surface area contributed by atoms with Gasteiger partial charge < -0.3 is 9.64 Å². The van der Waals surface area contributed by atoms with E-state index in [1.54, 1.807) is 12.1 Å². The monoisotopic (exact) mass is 304 g/mol. The lowest BCUT2D eigenvalue weighted by molar-refractivity contribution is -0.384. The normalized spacial score (nSPS) is 20.8. The topological polar surface area (TPSA) is 72.7 Å². The largest absolute Gasteiger partial charge is 0.378 e. The standard InChI is InChI=1S/C16H20N2O4/c19-15(17-9-11-22-12-10-17)16(7-1-2-8-16)13-3-5-14(6-4-13)18(20)21/h3-6H,1-2,7-12H2. The molecule has 1 heterocycles. The molecule has 6 nitrogen and oxygen atoms in total. The number of morpholine rings is 1. The molecule has 1 amide bonds. The van der Waals surface area contributed by atoms with Crippen LogP contribution in [-0.2, 0) is 14.9 Å². The summed E-state index contributed by atoms with van der Waals surface area (Å²) in [5, 5.41) is 10.8. The summed E-state index contributed by atoms with van der Waals surface area (Å²) in [5.74, 6) is 0.155. The SMILES string of the molecule is O=C(N1CCOCC1)C1(c2ccc([N+](=O)[O-])cc2)CCCC1. The Morgan fingerprint density at radius 1 is 1.14 bits per heavy atom. The molecule has 6 heteroatoms. The fourth-order valence-corrected chi connectivity index (χ4v) is 3.58. The van der Waals surface area contributed by atoms with Crippen molar-refractivity contribution >= 4 is 11.6 Å². The van der Waals surface area contributed by atoms with E-state index in [-0.39, 0.29) is 11.6 Å². The van der Waals surface area contributed by atoms with Crippen LogP contribution in [0.15, 0.2) is 24.3 Å². The van der Waals surface area contributed by atoms with E-state index in [0.717, 1.165) is 31.2 Å². The van der Waals surface area contributed by atoms with Crippen molar-refractivity contribution in [1.82, 2.24) is 4.90 Å². The second-order valence-electron chi connectivity index (χ2n) is 6.00. The van der Waals surface area contributed by atoms with Gasteiger partial charge in [0.25, 0.3) is 5.69 Å². The van der Waals surface area contributed by atoms with Gasteiger partial charge in [-0.15, -0.1) is 0 Å². The zero-order chi connectivity index (χ0) is 15.6. The Bertz CT molecular complexity index is 558. The Hall–Kier alpha value is -1.95. The van der Waals surface area contributed by atoms with Crippen molar-refractivity contribution in [2.45, 2.75) is 31.1 Å². The minimum atomic E-state index is -0.507. The highest BCUT2D eigenvalue weighted by atomic mass is 16.6. The van der Waals surface area contributed by atoms with Crippen molar-refractivity contribution in [3.05, 3.63) is 39.9 Å². The molecule has 1 aliphatic carbocycles. The molecule has 0 unspecified atom stereocenters. The number of carbonyl (C=O) groups is 1. The van der Waals surface area contributed by atoms with Gasteiger partial charge in [-0.05, 0) is 18.4 Å². The van der Waals surface area contributed by atoms with Gasteiger partial charge in [0.15, 0.2) is 0 Å². The maximum Gasteiger partial charge on any atom is 0.269 e. The maximum atomic E-state index is 13.1. The number of hydrogen-bond acceptors (Lipinski definition) is 4. The van der Waals surface area contributed by atoms with Crippen LogP contribution in [0.4, 0.5) is 5.69 Å². The number of nitro benzene ring substituents is 1. The molecule has 1 aromatic carbocycles. The van der Waals surface area contributed by atoms with Crippen molar-refractivity contribution in [3.63, 3.8) is 0 Å². The predicted molar refractivity (Wildman–Crippen MR) is 80.6 cm³/mol. The molecule has 3 rings (SSSR count). The molecule has 1 saturated carbocycles. The lowest BCUT2D eigenvalue weighted by atomic mass is 9.77. The number of rotatable bonds is 3. The first-order valence-corrected chi connectivity index (χ1v) is 7.75. The molecular formula is C16H20N2O4. The summed E-state index contributed by atoms with van der Waals surface area (Å²) in [6, 6.07) is 6.51. The van der Waals surface area contributed by atoms with E-state index in [0.29, 0.717) is 26.3 Å². The van der Waals surface area contributed by atoms with Crippen molar-refractivity contribution in [3.8, 4) is 0 Å². The van der Waals surface area contributed by atoms with Crippen LogP contribution in [0.1, 0.15) is 31.2 Å². The summed E-state index contributed by atoms with van der Waals surface area (Å²) in [6.45, 7) is 2.44. The molecule has 2 fully saturated rings. The molecule has 1 aromatic rings. The molecule has 0 aromatic heterocycles. The predicted octanol–water partition coefficient (Wildman–Crippen LogP) is 2.27. The number of amides is 1. The highest BCUT2D eigenvalue weighted by Crippen LogP contribution is 2.43. The van der Waals surface area contributed by atoms with Gasteiger partial charge in [0.2, 0.25) is 5.91 Å². The van der Waals surface area contributed by atoms with Crippen molar-refractivity contribution < 1.29 is 14.5 Å². The van der Waals surface area contributed by atoms with E-state index >= 15 is 0 Å². The molecule has 0 N–H and O–H groups in total. The third-order valence-electron chi connectivity index (χ3n) is 4.80. The third-order valence-corrected chi connectivity index (χ3v) is 4.80. The Labute approximate surface area is 129 Å². The van der Waals surface area contributed by atoms with E-state index in [1.807, 2.05) is 4.90 Å². The highest BCUT2D eigenvalue weighted by Gasteiger charge is 2.45. The van der Waals surface area contributed by atoms with Crippen LogP contribution in [0.25, 0.3) is 0 Å². The number of ether oxygens (including phenoxy) is 1. The zero-order valence-electron chi connectivity index (χ0n) is 12.5. The zero-order valence-corrected chi connectivity index (χ0v) is 12.5. The van der Waals surface area contributed by atoms with Gasteiger partial charge >= 0.3 is 0 Å². The van der Waals surface area contributed by atoms with E-state index in [1.165, 1.54) is 12.1 Å².